The van der Waals surface area contributed by atoms with E-state index in [0.29, 0.717) is 18.6 Å². The Kier molecular flexibility index (Phi) is 12.3. The number of rotatable bonds is 7. The van der Waals surface area contributed by atoms with Crippen LogP contribution in [0.1, 0.15) is 34.1 Å². The molecule has 0 rings (SSSR count). The Morgan fingerprint density at radius 1 is 1.27 bits per heavy atom. The summed E-state index contributed by atoms with van der Waals surface area (Å²) in [7, 11) is 1.75. The molecule has 0 saturated carbocycles. The summed E-state index contributed by atoms with van der Waals surface area (Å²) in [6, 6.07) is 0. The second kappa shape index (κ2) is 12.4. The minimum absolute atomic E-state index is 0.258. The lowest BCUT2D eigenvalue weighted by Gasteiger charge is -2.14. The van der Waals surface area contributed by atoms with Gasteiger partial charge in [0.1, 0.15) is 5.60 Å². The van der Waals surface area contributed by atoms with Crippen LogP contribution in [0.25, 0.3) is 0 Å². The third-order valence-corrected chi connectivity index (χ3v) is 2.03. The Bertz CT molecular complexity index is 444. The molecular weight excluding hydrogens is 284 g/mol. The summed E-state index contributed by atoms with van der Waals surface area (Å²) in [4.78, 5) is 31.1. The normalized spacial score (nSPS) is 12.2. The van der Waals surface area contributed by atoms with Gasteiger partial charge in [0.2, 0.25) is 5.78 Å². The van der Waals surface area contributed by atoms with Gasteiger partial charge in [-0.15, -0.1) is 0 Å². The van der Waals surface area contributed by atoms with Crippen molar-refractivity contribution in [3.63, 3.8) is 0 Å². The van der Waals surface area contributed by atoms with Gasteiger partial charge in [-0.25, -0.2) is 0 Å². The molecule has 0 bridgehead atoms. The average Bonchev–Trinajstić information content (AvgIpc) is 2.43. The summed E-state index contributed by atoms with van der Waals surface area (Å²) < 4.78 is 4.55. The molecule has 6 heteroatoms. The molecule has 6 nitrogen and oxygen atoms in total. The molecule has 3 N–H and O–H groups in total. The lowest BCUT2D eigenvalue weighted by atomic mass is 10.1. The van der Waals surface area contributed by atoms with Crippen LogP contribution in [0.4, 0.5) is 0 Å². The Morgan fingerprint density at radius 3 is 2.18 bits per heavy atom. The van der Waals surface area contributed by atoms with Crippen LogP contribution in [0, 0.1) is 0 Å². The molecule has 22 heavy (non-hydrogen) atoms. The minimum atomic E-state index is -0.594. The minimum Gasteiger partial charge on any atom is -0.462 e. The van der Waals surface area contributed by atoms with E-state index in [2.05, 4.69) is 10.1 Å². The molecule has 0 spiro atoms. The number of aldehydes is 1. The molecule has 0 fully saturated rings. The van der Waals surface area contributed by atoms with Crippen LogP contribution < -0.4 is 11.1 Å². The van der Waals surface area contributed by atoms with Crippen LogP contribution in [0.3, 0.4) is 0 Å². The van der Waals surface area contributed by atoms with E-state index in [0.717, 1.165) is 0 Å². The van der Waals surface area contributed by atoms with Crippen molar-refractivity contribution in [2.75, 3.05) is 7.05 Å². The molecule has 0 aromatic rings. The van der Waals surface area contributed by atoms with E-state index >= 15 is 0 Å². The van der Waals surface area contributed by atoms with Crippen molar-refractivity contribution in [1.82, 2.24) is 5.32 Å². The fourth-order valence-corrected chi connectivity index (χ4v) is 1.11. The van der Waals surface area contributed by atoms with Crippen molar-refractivity contribution in [1.29, 1.82) is 0 Å². The van der Waals surface area contributed by atoms with E-state index in [1.165, 1.54) is 0 Å². The maximum absolute atomic E-state index is 11.2. The first-order valence-corrected chi connectivity index (χ1v) is 6.84. The first kappa shape index (κ1) is 21.9. The number of ketones is 1. The van der Waals surface area contributed by atoms with Crippen LogP contribution in [-0.4, -0.2) is 31.2 Å². The third kappa shape index (κ3) is 12.7. The Labute approximate surface area is 132 Å². The number of hydrogen-bond donors (Lipinski definition) is 2. The molecule has 0 heterocycles. The van der Waals surface area contributed by atoms with E-state index in [9.17, 15) is 14.4 Å². The predicted molar refractivity (Wildman–Crippen MR) is 86.8 cm³/mol. The van der Waals surface area contributed by atoms with Gasteiger partial charge >= 0.3 is 0 Å². The van der Waals surface area contributed by atoms with E-state index < -0.39 is 5.78 Å². The number of nitrogens with two attached hydrogens (primary N) is 1. The van der Waals surface area contributed by atoms with Gasteiger partial charge in [-0.1, -0.05) is 13.0 Å². The van der Waals surface area contributed by atoms with E-state index in [-0.39, 0.29) is 17.5 Å². The van der Waals surface area contributed by atoms with Crippen LogP contribution in [0.5, 0.6) is 0 Å². The molecule has 0 unspecified atom stereocenters. The molecule has 0 saturated heterocycles. The zero-order valence-electron chi connectivity index (χ0n) is 13.9. The maximum atomic E-state index is 11.2. The van der Waals surface area contributed by atoms with Crippen molar-refractivity contribution >= 4 is 18.5 Å². The number of carbonyl (C=O) groups is 3. The number of hydrogen-bond acceptors (Lipinski definition) is 6. The number of Topliss-reactive ketones (excluding diaryl/α,β-unsaturated/α-hetero) is 1. The largest absolute Gasteiger partial charge is 0.462 e. The molecule has 0 aliphatic rings. The van der Waals surface area contributed by atoms with Crippen molar-refractivity contribution in [3.8, 4) is 0 Å². The summed E-state index contributed by atoms with van der Waals surface area (Å²) in [5.41, 5.74) is 5.89. The highest BCUT2D eigenvalue weighted by Crippen LogP contribution is 2.06. The van der Waals surface area contributed by atoms with Gasteiger partial charge in [0.25, 0.3) is 6.47 Å². The summed E-state index contributed by atoms with van der Waals surface area (Å²) in [5.74, 6) is -0.594. The first-order valence-electron chi connectivity index (χ1n) is 6.84. The third-order valence-electron chi connectivity index (χ3n) is 2.03. The molecular formula is C16H26N2O4. The van der Waals surface area contributed by atoms with Crippen molar-refractivity contribution < 1.29 is 19.1 Å². The van der Waals surface area contributed by atoms with E-state index in [1.807, 2.05) is 27.7 Å². The van der Waals surface area contributed by atoms with Crippen LogP contribution >= 0.6 is 0 Å². The molecule has 124 valence electrons. The zero-order chi connectivity index (χ0) is 17.6. The molecule has 0 aromatic heterocycles. The highest BCUT2D eigenvalue weighted by atomic mass is 16.5. The number of allylic oxidation sites excluding steroid dienone is 4. The summed E-state index contributed by atoms with van der Waals surface area (Å²) in [6.45, 7) is 7.79. The van der Waals surface area contributed by atoms with Gasteiger partial charge in [-0.05, 0) is 45.5 Å². The van der Waals surface area contributed by atoms with Gasteiger partial charge in [-0.2, -0.15) is 0 Å². The Morgan fingerprint density at radius 2 is 1.86 bits per heavy atom. The highest BCUT2D eigenvalue weighted by Gasteiger charge is 2.09. The fourth-order valence-electron chi connectivity index (χ4n) is 1.11. The molecule has 0 aliphatic carbocycles. The van der Waals surface area contributed by atoms with Crippen molar-refractivity contribution in [3.05, 3.63) is 35.7 Å². The lowest BCUT2D eigenvalue weighted by molar-refractivity contribution is -0.138. The fraction of sp³-hybridized carbons (Fsp3) is 0.438. The maximum Gasteiger partial charge on any atom is 0.293 e. The molecule has 0 amide bonds. The Hall–Kier alpha value is -2.37. The number of carbonyl (C=O) groups excluding carboxylic acids is 3. The predicted octanol–water partition coefficient (Wildman–Crippen LogP) is 1.62. The van der Waals surface area contributed by atoms with Gasteiger partial charge < -0.3 is 15.8 Å². The van der Waals surface area contributed by atoms with E-state index in [4.69, 9.17) is 5.73 Å². The lowest BCUT2D eigenvalue weighted by Crippen LogP contribution is -2.17. The van der Waals surface area contributed by atoms with Crippen molar-refractivity contribution in [2.24, 2.45) is 5.73 Å². The topological polar surface area (TPSA) is 98.5 Å². The molecule has 0 atom stereocenters. The summed E-state index contributed by atoms with van der Waals surface area (Å²) >= 11 is 0. The zero-order valence-corrected chi connectivity index (χ0v) is 13.9. The second-order valence-electron chi connectivity index (χ2n) is 5.10. The van der Waals surface area contributed by atoms with Gasteiger partial charge in [0.05, 0.1) is 0 Å². The van der Waals surface area contributed by atoms with Crippen LogP contribution in [0.15, 0.2) is 35.7 Å². The molecule has 0 radical (unpaired) electrons. The SMILES string of the molecule is CC(C)(C)OC=O.CC\C=C(C(=O)C=O)/C(N)=C\C=C\NC. The number of nitrogens with one attached hydrogen (secondary N) is 1. The molecule has 0 aliphatic heterocycles. The monoisotopic (exact) mass is 310 g/mol. The summed E-state index contributed by atoms with van der Waals surface area (Å²) in [5, 5.41) is 2.78. The smallest absolute Gasteiger partial charge is 0.293 e. The standard InChI is InChI=1S/C11H16N2O2.C5H10O2/c1-3-5-9(11(15)8-14)10(12)6-4-7-13-2;1-5(2,3)7-4-6/h4-8,13H,3,12H2,1-2H3;4H,1-3H3/b7-4+,9-5+,10-6+;. The quantitative estimate of drug-likeness (QED) is 0.321. The van der Waals surface area contributed by atoms with Gasteiger partial charge in [0, 0.05) is 18.3 Å². The van der Waals surface area contributed by atoms with Crippen molar-refractivity contribution in [2.45, 2.75) is 39.7 Å². The average molecular weight is 310 g/mol. The Balaban J connectivity index is 0. The van der Waals surface area contributed by atoms with E-state index in [1.54, 1.807) is 31.5 Å². The molecule has 0 aromatic carbocycles. The van der Waals surface area contributed by atoms with Crippen LogP contribution in [0.2, 0.25) is 0 Å². The van der Waals surface area contributed by atoms with Crippen LogP contribution in [-0.2, 0) is 19.1 Å². The number of ether oxygens (including phenoxy) is 1. The second-order valence-corrected chi connectivity index (χ2v) is 5.10. The van der Waals surface area contributed by atoms with Gasteiger partial charge in [0.15, 0.2) is 6.29 Å². The first-order chi connectivity index (χ1) is 10.2. The summed E-state index contributed by atoms with van der Waals surface area (Å²) in [6.07, 6.45) is 7.46. The van der Waals surface area contributed by atoms with Gasteiger partial charge in [-0.3, -0.25) is 14.4 Å². The highest BCUT2D eigenvalue weighted by molar-refractivity contribution is 6.34.